The van der Waals surface area contributed by atoms with Crippen molar-refractivity contribution in [2.24, 2.45) is 10.8 Å². The predicted octanol–water partition coefficient (Wildman–Crippen LogP) is 3.57. The van der Waals surface area contributed by atoms with Crippen LogP contribution in [0.3, 0.4) is 0 Å². The van der Waals surface area contributed by atoms with Crippen LogP contribution in [0.2, 0.25) is 0 Å². The Kier molecular flexibility index (Phi) is 3.09. The number of carbonyl (C=O) groups excluding carboxylic acids is 2. The zero-order chi connectivity index (χ0) is 18.0. The third-order valence-corrected chi connectivity index (χ3v) is 6.44. The number of esters is 2. The largest absolute Gasteiger partial charge is 0.446 e. The van der Waals surface area contributed by atoms with Crippen LogP contribution in [-0.2, 0) is 14.3 Å². The van der Waals surface area contributed by atoms with Crippen LogP contribution in [0.25, 0.3) is 10.9 Å². The van der Waals surface area contributed by atoms with Crippen molar-refractivity contribution in [3.8, 4) is 5.75 Å². The Morgan fingerprint density at radius 1 is 1.16 bits per heavy atom. The van der Waals surface area contributed by atoms with Gasteiger partial charge < -0.3 is 9.47 Å². The van der Waals surface area contributed by atoms with Crippen LogP contribution < -0.4 is 4.74 Å². The summed E-state index contributed by atoms with van der Waals surface area (Å²) in [5.74, 6) is -0.427. The Bertz CT molecular complexity index is 919. The normalized spacial score (nSPS) is 29.7. The molecule has 0 spiro atoms. The van der Waals surface area contributed by atoms with E-state index in [2.05, 4.69) is 4.98 Å². The van der Waals surface area contributed by atoms with E-state index < -0.39 is 22.4 Å². The highest BCUT2D eigenvalue weighted by molar-refractivity contribution is 5.96. The minimum atomic E-state index is -1.23. The van der Waals surface area contributed by atoms with Gasteiger partial charge >= 0.3 is 11.9 Å². The van der Waals surface area contributed by atoms with Gasteiger partial charge in [-0.2, -0.15) is 0 Å². The van der Waals surface area contributed by atoms with Crippen LogP contribution >= 0.6 is 0 Å². The summed E-state index contributed by atoms with van der Waals surface area (Å²) in [6.07, 6.45) is 1.11. The minimum absolute atomic E-state index is 0.312. The molecule has 130 valence electrons. The second kappa shape index (κ2) is 4.81. The molecule has 2 heterocycles. The highest BCUT2D eigenvalue weighted by Crippen LogP contribution is 2.65. The molecular weight excluding hydrogens is 318 g/mol. The summed E-state index contributed by atoms with van der Waals surface area (Å²) in [4.78, 5) is 29.9. The van der Waals surface area contributed by atoms with Crippen molar-refractivity contribution in [3.63, 3.8) is 0 Å². The fourth-order valence-electron chi connectivity index (χ4n) is 4.18. The smallest absolute Gasteiger partial charge is 0.356 e. The topological polar surface area (TPSA) is 65.5 Å². The van der Waals surface area contributed by atoms with Gasteiger partial charge in [0.1, 0.15) is 5.52 Å². The third-order valence-electron chi connectivity index (χ3n) is 6.44. The molecule has 4 rings (SSSR count). The Morgan fingerprint density at radius 2 is 1.92 bits per heavy atom. The van der Waals surface area contributed by atoms with Crippen LogP contribution in [0.4, 0.5) is 0 Å². The van der Waals surface area contributed by atoms with Crippen molar-refractivity contribution in [2.45, 2.75) is 46.1 Å². The van der Waals surface area contributed by atoms with Gasteiger partial charge in [-0.25, -0.2) is 9.78 Å². The van der Waals surface area contributed by atoms with Crippen molar-refractivity contribution in [2.75, 3.05) is 0 Å². The van der Waals surface area contributed by atoms with E-state index in [0.29, 0.717) is 24.1 Å². The summed E-state index contributed by atoms with van der Waals surface area (Å²) >= 11 is 0. The molecule has 1 aliphatic carbocycles. The average molecular weight is 339 g/mol. The van der Waals surface area contributed by atoms with Crippen LogP contribution in [0.1, 0.15) is 39.3 Å². The monoisotopic (exact) mass is 339 g/mol. The third kappa shape index (κ3) is 1.86. The van der Waals surface area contributed by atoms with Crippen molar-refractivity contribution in [1.29, 1.82) is 0 Å². The van der Waals surface area contributed by atoms with Gasteiger partial charge in [0, 0.05) is 16.5 Å². The van der Waals surface area contributed by atoms with Crippen LogP contribution in [0, 0.1) is 17.8 Å². The number of nitrogens with zero attached hydrogens (tertiary/aromatic N) is 1. The Labute approximate surface area is 146 Å². The molecular formula is C20H21NO4. The summed E-state index contributed by atoms with van der Waals surface area (Å²) in [6, 6.07) is 9.32. The summed E-state index contributed by atoms with van der Waals surface area (Å²) in [7, 11) is 0. The molecule has 2 fully saturated rings. The maximum absolute atomic E-state index is 13.1. The summed E-state index contributed by atoms with van der Waals surface area (Å²) in [5, 5.41) is 0.896. The summed E-state index contributed by atoms with van der Waals surface area (Å²) in [5.41, 5.74) is -1.03. The molecule has 1 aliphatic heterocycles. The molecule has 1 aromatic heterocycles. The molecule has 0 amide bonds. The van der Waals surface area contributed by atoms with Crippen molar-refractivity contribution < 1.29 is 19.1 Å². The van der Waals surface area contributed by atoms with E-state index in [1.807, 2.05) is 52.0 Å². The van der Waals surface area contributed by atoms with E-state index in [4.69, 9.17) is 9.47 Å². The predicted molar refractivity (Wildman–Crippen MR) is 92.1 cm³/mol. The lowest BCUT2D eigenvalue weighted by molar-refractivity contribution is -0.176. The van der Waals surface area contributed by atoms with Gasteiger partial charge in [-0.15, -0.1) is 0 Å². The van der Waals surface area contributed by atoms with Crippen LogP contribution in [-0.4, -0.2) is 22.5 Å². The number of ether oxygens (including phenoxy) is 2. The van der Waals surface area contributed by atoms with Crippen LogP contribution in [0.5, 0.6) is 5.75 Å². The highest BCUT2D eigenvalue weighted by Gasteiger charge is 2.76. The van der Waals surface area contributed by atoms with Gasteiger partial charge in [0.25, 0.3) is 0 Å². The maximum Gasteiger partial charge on any atom is 0.356 e. The first kappa shape index (κ1) is 16.1. The average Bonchev–Trinajstić information content (AvgIpc) is 2.86. The van der Waals surface area contributed by atoms with Gasteiger partial charge in [-0.05, 0) is 38.8 Å². The Morgan fingerprint density at radius 3 is 2.56 bits per heavy atom. The van der Waals surface area contributed by atoms with Gasteiger partial charge in [0.05, 0.1) is 5.41 Å². The van der Waals surface area contributed by atoms with Gasteiger partial charge in [0.15, 0.2) is 5.75 Å². The van der Waals surface area contributed by atoms with E-state index in [1.165, 1.54) is 0 Å². The van der Waals surface area contributed by atoms with Gasteiger partial charge in [0.2, 0.25) is 5.60 Å². The molecule has 2 bridgehead atoms. The lowest BCUT2D eigenvalue weighted by atomic mass is 9.66. The standard InChI is InChI=1S/C20H21NO4/c1-12-8-9-13-6-5-7-14(15(13)21-12)24-17(23)20-11-10-19(4,16(22)25-20)18(20,2)3/h5-9H,10-11H2,1-4H3. The molecule has 2 unspecified atom stereocenters. The number of aromatic nitrogens is 1. The van der Waals surface area contributed by atoms with E-state index >= 15 is 0 Å². The molecule has 5 heteroatoms. The van der Waals surface area contributed by atoms with E-state index in [9.17, 15) is 9.59 Å². The number of carbonyl (C=O) groups is 2. The lowest BCUT2D eigenvalue weighted by Crippen LogP contribution is -2.50. The maximum atomic E-state index is 13.1. The van der Waals surface area contributed by atoms with E-state index in [-0.39, 0.29) is 5.97 Å². The fourth-order valence-corrected chi connectivity index (χ4v) is 4.18. The molecule has 0 radical (unpaired) electrons. The Balaban J connectivity index is 1.75. The fraction of sp³-hybridized carbons (Fsp3) is 0.450. The van der Waals surface area contributed by atoms with Crippen molar-refractivity contribution in [1.82, 2.24) is 4.98 Å². The number of hydrogen-bond acceptors (Lipinski definition) is 5. The number of hydrogen-bond donors (Lipinski definition) is 0. The molecule has 1 saturated heterocycles. The molecule has 5 nitrogen and oxygen atoms in total. The second-order valence-electron chi connectivity index (χ2n) is 7.84. The highest BCUT2D eigenvalue weighted by atomic mass is 16.6. The molecule has 2 atom stereocenters. The molecule has 0 N–H and O–H groups in total. The second-order valence-corrected chi connectivity index (χ2v) is 7.84. The van der Waals surface area contributed by atoms with Gasteiger partial charge in [-0.1, -0.05) is 32.0 Å². The molecule has 1 saturated carbocycles. The zero-order valence-corrected chi connectivity index (χ0v) is 14.9. The molecule has 2 aromatic rings. The van der Waals surface area contributed by atoms with Crippen LogP contribution in [0.15, 0.2) is 30.3 Å². The first-order valence-corrected chi connectivity index (χ1v) is 8.53. The summed E-state index contributed by atoms with van der Waals surface area (Å²) < 4.78 is 11.3. The van der Waals surface area contributed by atoms with E-state index in [0.717, 1.165) is 11.1 Å². The number of fused-ring (bicyclic) bond motifs is 3. The quantitative estimate of drug-likeness (QED) is 0.618. The number of para-hydroxylation sites is 1. The first-order chi connectivity index (χ1) is 11.7. The molecule has 2 aliphatic rings. The Hall–Kier alpha value is -2.43. The van der Waals surface area contributed by atoms with E-state index in [1.54, 1.807) is 6.07 Å². The lowest BCUT2D eigenvalue weighted by Gasteiger charge is -2.34. The number of rotatable bonds is 2. The number of benzene rings is 1. The molecule has 25 heavy (non-hydrogen) atoms. The molecule has 1 aromatic carbocycles. The minimum Gasteiger partial charge on any atom is -0.446 e. The summed E-state index contributed by atoms with van der Waals surface area (Å²) in [6.45, 7) is 7.59. The van der Waals surface area contributed by atoms with Crippen molar-refractivity contribution >= 4 is 22.8 Å². The first-order valence-electron chi connectivity index (χ1n) is 8.53. The SMILES string of the molecule is Cc1ccc2cccc(OC(=O)C34CCC(C)(C(=O)O3)C4(C)C)c2n1. The van der Waals surface area contributed by atoms with Gasteiger partial charge in [-0.3, -0.25) is 4.79 Å². The zero-order valence-electron chi connectivity index (χ0n) is 14.9. The number of pyridine rings is 1. The van der Waals surface area contributed by atoms with Crippen molar-refractivity contribution in [3.05, 3.63) is 36.0 Å². The number of aryl methyl sites for hydroxylation is 1.